The van der Waals surface area contributed by atoms with Crippen molar-refractivity contribution in [2.24, 2.45) is 11.8 Å². The van der Waals surface area contributed by atoms with Crippen molar-refractivity contribution in [2.75, 3.05) is 20.1 Å². The number of nitrogens with zero attached hydrogens (tertiary/aromatic N) is 1. The number of thiophene rings is 1. The molecule has 0 aromatic carbocycles. The highest BCUT2D eigenvalue weighted by molar-refractivity contribution is 7.14. The third-order valence-electron chi connectivity index (χ3n) is 2.56. The van der Waals surface area contributed by atoms with Gasteiger partial charge < -0.3 is 5.32 Å². The van der Waals surface area contributed by atoms with Gasteiger partial charge in [-0.05, 0) is 25.1 Å². The van der Waals surface area contributed by atoms with E-state index >= 15 is 0 Å². The summed E-state index contributed by atoms with van der Waals surface area (Å²) in [5.74, 6) is 5.24. The van der Waals surface area contributed by atoms with E-state index in [1.165, 1.54) is 11.3 Å². The van der Waals surface area contributed by atoms with Gasteiger partial charge in [0, 0.05) is 18.0 Å². The fraction of sp³-hybridized carbons (Fsp3) is 0.538. The molecule has 0 spiro atoms. The molecular weight excluding hydrogens is 276 g/mol. The van der Waals surface area contributed by atoms with Crippen LogP contribution < -0.4 is 16.6 Å². The lowest BCUT2D eigenvalue weighted by Gasteiger charge is -2.15. The predicted molar refractivity (Wildman–Crippen MR) is 80.2 cm³/mol. The monoisotopic (exact) mass is 298 g/mol. The lowest BCUT2D eigenvalue weighted by atomic mass is 10.2. The molecule has 1 rings (SSSR count). The van der Waals surface area contributed by atoms with Gasteiger partial charge in [0.05, 0.1) is 11.4 Å². The maximum absolute atomic E-state index is 11.7. The second-order valence-corrected chi connectivity index (χ2v) is 6.28. The highest BCUT2D eigenvalue weighted by Gasteiger charge is 2.11. The Morgan fingerprint density at radius 1 is 1.40 bits per heavy atom. The second-order valence-electron chi connectivity index (χ2n) is 5.11. The third kappa shape index (κ3) is 5.68. The van der Waals surface area contributed by atoms with Crippen LogP contribution in [0.25, 0.3) is 0 Å². The van der Waals surface area contributed by atoms with Gasteiger partial charge in [-0.2, -0.15) is 0 Å². The number of carbonyl (C=O) groups excluding carboxylic acids is 2. The zero-order valence-electron chi connectivity index (χ0n) is 12.1. The minimum absolute atomic E-state index is 0.0117. The summed E-state index contributed by atoms with van der Waals surface area (Å²) >= 11 is 1.37. The largest absolute Gasteiger partial charge is 0.355 e. The second kappa shape index (κ2) is 7.98. The molecule has 0 saturated carbocycles. The highest BCUT2D eigenvalue weighted by Crippen LogP contribution is 2.17. The van der Waals surface area contributed by atoms with E-state index in [2.05, 4.69) is 24.6 Å². The van der Waals surface area contributed by atoms with Gasteiger partial charge in [-0.25, -0.2) is 5.84 Å². The normalized spacial score (nSPS) is 10.9. The van der Waals surface area contributed by atoms with E-state index in [-0.39, 0.29) is 11.8 Å². The van der Waals surface area contributed by atoms with Crippen LogP contribution in [0.2, 0.25) is 0 Å². The number of hydrazine groups is 1. The zero-order valence-corrected chi connectivity index (χ0v) is 12.9. The fourth-order valence-corrected chi connectivity index (χ4v) is 2.59. The summed E-state index contributed by atoms with van der Waals surface area (Å²) in [6, 6.07) is 3.60. The number of hydrogen-bond donors (Lipinski definition) is 3. The minimum Gasteiger partial charge on any atom is -0.355 e. The number of rotatable bonds is 7. The molecule has 1 aromatic heterocycles. The Morgan fingerprint density at radius 3 is 2.70 bits per heavy atom. The van der Waals surface area contributed by atoms with Crippen LogP contribution >= 0.6 is 11.3 Å². The zero-order chi connectivity index (χ0) is 15.1. The van der Waals surface area contributed by atoms with E-state index in [9.17, 15) is 9.59 Å². The molecule has 0 atom stereocenters. The molecule has 7 heteroatoms. The van der Waals surface area contributed by atoms with Gasteiger partial charge in [0.15, 0.2) is 0 Å². The Morgan fingerprint density at radius 2 is 2.10 bits per heavy atom. The topological polar surface area (TPSA) is 87.5 Å². The Labute approximate surface area is 123 Å². The minimum atomic E-state index is -0.293. The molecule has 6 nitrogen and oxygen atoms in total. The quantitative estimate of drug-likeness (QED) is 0.390. The number of amides is 2. The van der Waals surface area contributed by atoms with Gasteiger partial charge in [-0.15, -0.1) is 11.3 Å². The SMILES string of the molecule is CC(C)CNC(=O)CN(C)Cc1ccc(C(=O)NN)s1. The maximum atomic E-state index is 11.7. The van der Waals surface area contributed by atoms with Crippen molar-refractivity contribution < 1.29 is 9.59 Å². The smallest absolute Gasteiger partial charge is 0.275 e. The first kappa shape index (κ1) is 16.6. The van der Waals surface area contributed by atoms with E-state index < -0.39 is 0 Å². The lowest BCUT2D eigenvalue weighted by Crippen LogP contribution is -2.36. The Hall–Kier alpha value is -1.44. The first-order valence-corrected chi connectivity index (χ1v) is 7.29. The van der Waals surface area contributed by atoms with Crippen molar-refractivity contribution >= 4 is 23.2 Å². The number of hydrogen-bond acceptors (Lipinski definition) is 5. The van der Waals surface area contributed by atoms with E-state index in [0.717, 1.165) is 4.88 Å². The fourth-order valence-electron chi connectivity index (χ4n) is 1.60. The molecule has 0 aliphatic heterocycles. The Bertz CT molecular complexity index is 459. The first-order chi connectivity index (χ1) is 9.42. The Balaban J connectivity index is 2.42. The molecule has 2 amide bonds. The average Bonchev–Trinajstić information content (AvgIpc) is 2.83. The molecule has 0 aliphatic rings. The van der Waals surface area contributed by atoms with E-state index in [0.29, 0.717) is 30.4 Å². The molecule has 0 radical (unpaired) electrons. The summed E-state index contributed by atoms with van der Waals surface area (Å²) in [4.78, 5) is 26.5. The Kier molecular flexibility index (Phi) is 6.63. The lowest BCUT2D eigenvalue weighted by molar-refractivity contribution is -0.122. The van der Waals surface area contributed by atoms with Crippen LogP contribution in [0, 0.1) is 5.92 Å². The molecule has 20 heavy (non-hydrogen) atoms. The van der Waals surface area contributed by atoms with Crippen molar-refractivity contribution in [1.29, 1.82) is 0 Å². The van der Waals surface area contributed by atoms with Crippen LogP contribution in [-0.2, 0) is 11.3 Å². The molecule has 0 unspecified atom stereocenters. The molecular formula is C13H22N4O2S. The van der Waals surface area contributed by atoms with Crippen molar-refractivity contribution in [3.63, 3.8) is 0 Å². The van der Waals surface area contributed by atoms with Crippen molar-refractivity contribution in [2.45, 2.75) is 20.4 Å². The molecule has 0 aliphatic carbocycles. The summed E-state index contributed by atoms with van der Waals surface area (Å²) < 4.78 is 0. The highest BCUT2D eigenvalue weighted by atomic mass is 32.1. The molecule has 1 aromatic rings. The van der Waals surface area contributed by atoms with Gasteiger partial charge in [0.1, 0.15) is 0 Å². The number of nitrogens with one attached hydrogen (secondary N) is 2. The van der Waals surface area contributed by atoms with E-state index in [1.807, 2.05) is 18.0 Å². The van der Waals surface area contributed by atoms with Gasteiger partial charge in [-0.1, -0.05) is 13.8 Å². The van der Waals surface area contributed by atoms with Crippen molar-refractivity contribution in [3.05, 3.63) is 21.9 Å². The molecule has 4 N–H and O–H groups in total. The molecule has 0 saturated heterocycles. The van der Waals surface area contributed by atoms with Crippen LogP contribution in [0.4, 0.5) is 0 Å². The summed E-state index contributed by atoms with van der Waals surface area (Å²) in [5.41, 5.74) is 2.10. The van der Waals surface area contributed by atoms with Gasteiger partial charge in [0.2, 0.25) is 5.91 Å². The van der Waals surface area contributed by atoms with Crippen LogP contribution in [0.3, 0.4) is 0 Å². The van der Waals surface area contributed by atoms with Crippen molar-refractivity contribution in [3.8, 4) is 0 Å². The number of likely N-dealkylation sites (N-methyl/N-ethyl adjacent to an activating group) is 1. The van der Waals surface area contributed by atoms with E-state index in [1.54, 1.807) is 6.07 Å². The number of nitrogens with two attached hydrogens (primary N) is 1. The molecule has 112 valence electrons. The molecule has 1 heterocycles. The summed E-state index contributed by atoms with van der Waals surface area (Å²) in [7, 11) is 1.87. The molecule has 0 fully saturated rings. The van der Waals surface area contributed by atoms with Gasteiger partial charge in [0.25, 0.3) is 5.91 Å². The summed E-state index contributed by atoms with van der Waals surface area (Å²) in [5, 5.41) is 2.87. The third-order valence-corrected chi connectivity index (χ3v) is 3.63. The van der Waals surface area contributed by atoms with E-state index in [4.69, 9.17) is 5.84 Å². The summed E-state index contributed by atoms with van der Waals surface area (Å²) in [6.07, 6.45) is 0. The molecule has 0 bridgehead atoms. The van der Waals surface area contributed by atoms with Gasteiger partial charge >= 0.3 is 0 Å². The van der Waals surface area contributed by atoms with Crippen LogP contribution in [-0.4, -0.2) is 36.9 Å². The van der Waals surface area contributed by atoms with Crippen LogP contribution in [0.5, 0.6) is 0 Å². The maximum Gasteiger partial charge on any atom is 0.275 e. The standard InChI is InChI=1S/C13H22N4O2S/c1-9(2)6-15-12(18)8-17(3)7-10-4-5-11(20-10)13(19)16-14/h4-5,9H,6-8,14H2,1-3H3,(H,15,18)(H,16,19). The van der Waals surface area contributed by atoms with Crippen molar-refractivity contribution in [1.82, 2.24) is 15.6 Å². The average molecular weight is 298 g/mol. The first-order valence-electron chi connectivity index (χ1n) is 6.47. The number of nitrogen functional groups attached to an aromatic ring is 1. The summed E-state index contributed by atoms with van der Waals surface area (Å²) in [6.45, 7) is 5.76. The van der Waals surface area contributed by atoms with Crippen LogP contribution in [0.15, 0.2) is 12.1 Å². The van der Waals surface area contributed by atoms with Gasteiger partial charge in [-0.3, -0.25) is 19.9 Å². The number of carbonyl (C=O) groups is 2. The predicted octanol–water partition coefficient (Wildman–Crippen LogP) is 0.556. The van der Waals surface area contributed by atoms with Crippen LogP contribution in [0.1, 0.15) is 28.4 Å².